The van der Waals surface area contributed by atoms with Crippen LogP contribution in [0.3, 0.4) is 0 Å². The van der Waals surface area contributed by atoms with Gasteiger partial charge in [-0.1, -0.05) is 17.7 Å². The molecular formula is C23H25FN4O. The van der Waals surface area contributed by atoms with E-state index in [0.29, 0.717) is 13.1 Å². The average molecular weight is 392 g/mol. The summed E-state index contributed by atoms with van der Waals surface area (Å²) in [5.41, 5.74) is 10.4. The van der Waals surface area contributed by atoms with Gasteiger partial charge in [0.2, 0.25) is 5.91 Å². The highest BCUT2D eigenvalue weighted by Gasteiger charge is 2.25. The molecule has 3 aromatic rings. The zero-order valence-corrected chi connectivity index (χ0v) is 16.5. The van der Waals surface area contributed by atoms with Gasteiger partial charge in [0.05, 0.1) is 17.3 Å². The normalized spacial score (nSPS) is 17.4. The van der Waals surface area contributed by atoms with E-state index in [-0.39, 0.29) is 17.6 Å². The van der Waals surface area contributed by atoms with Crippen LogP contribution in [0.5, 0.6) is 0 Å². The van der Waals surface area contributed by atoms with Crippen molar-refractivity contribution in [3.63, 3.8) is 0 Å². The highest BCUT2D eigenvalue weighted by Crippen LogP contribution is 2.27. The van der Waals surface area contributed by atoms with E-state index in [0.717, 1.165) is 41.9 Å². The molecule has 150 valence electrons. The minimum absolute atomic E-state index is 0.106. The molecule has 2 heterocycles. The lowest BCUT2D eigenvalue weighted by molar-refractivity contribution is -0.123. The lowest BCUT2D eigenvalue weighted by Gasteiger charge is -2.30. The second kappa shape index (κ2) is 8.17. The molecule has 4 rings (SSSR count). The van der Waals surface area contributed by atoms with Gasteiger partial charge < -0.3 is 5.73 Å². The molecule has 1 aliphatic heterocycles. The van der Waals surface area contributed by atoms with Crippen LogP contribution in [0.2, 0.25) is 0 Å². The molecule has 0 saturated carbocycles. The van der Waals surface area contributed by atoms with Gasteiger partial charge in [-0.25, -0.2) is 9.07 Å². The van der Waals surface area contributed by atoms with Gasteiger partial charge >= 0.3 is 0 Å². The Labute approximate surface area is 169 Å². The summed E-state index contributed by atoms with van der Waals surface area (Å²) in [4.78, 5) is 13.9. The van der Waals surface area contributed by atoms with E-state index in [1.807, 2.05) is 29.9 Å². The Morgan fingerprint density at radius 3 is 2.59 bits per heavy atom. The third-order valence-electron chi connectivity index (χ3n) is 5.51. The summed E-state index contributed by atoms with van der Waals surface area (Å²) < 4.78 is 15.3. The van der Waals surface area contributed by atoms with Gasteiger partial charge in [0.15, 0.2) is 0 Å². The number of nitrogens with zero attached hydrogens (tertiary/aromatic N) is 3. The number of halogens is 1. The van der Waals surface area contributed by atoms with E-state index in [9.17, 15) is 9.18 Å². The van der Waals surface area contributed by atoms with Crippen molar-refractivity contribution in [1.82, 2.24) is 14.7 Å². The quantitative estimate of drug-likeness (QED) is 0.720. The molecule has 6 heteroatoms. The van der Waals surface area contributed by atoms with Crippen LogP contribution in [-0.2, 0) is 11.3 Å². The van der Waals surface area contributed by atoms with Crippen LogP contribution in [0, 0.1) is 18.7 Å². The zero-order chi connectivity index (χ0) is 20.4. The molecule has 29 heavy (non-hydrogen) atoms. The van der Waals surface area contributed by atoms with E-state index in [1.54, 1.807) is 12.1 Å². The van der Waals surface area contributed by atoms with Crippen LogP contribution < -0.4 is 5.73 Å². The second-order valence-corrected chi connectivity index (χ2v) is 7.77. The van der Waals surface area contributed by atoms with Crippen molar-refractivity contribution in [3.05, 3.63) is 71.7 Å². The van der Waals surface area contributed by atoms with Crippen LogP contribution in [0.25, 0.3) is 16.9 Å². The Morgan fingerprint density at radius 2 is 1.90 bits per heavy atom. The number of aryl methyl sites for hydroxylation is 1. The monoisotopic (exact) mass is 392 g/mol. The van der Waals surface area contributed by atoms with Crippen molar-refractivity contribution < 1.29 is 9.18 Å². The van der Waals surface area contributed by atoms with Crippen molar-refractivity contribution in [3.8, 4) is 16.9 Å². The minimum atomic E-state index is -0.270. The Kier molecular flexibility index (Phi) is 5.45. The molecular weight excluding hydrogens is 367 g/mol. The fourth-order valence-corrected chi connectivity index (χ4v) is 3.88. The van der Waals surface area contributed by atoms with Crippen molar-refractivity contribution in [2.75, 3.05) is 13.1 Å². The number of nitrogens with two attached hydrogens (primary N) is 1. The summed E-state index contributed by atoms with van der Waals surface area (Å²) in [7, 11) is 0. The maximum absolute atomic E-state index is 13.4. The van der Waals surface area contributed by atoms with Crippen molar-refractivity contribution in [2.45, 2.75) is 26.3 Å². The number of amides is 1. The van der Waals surface area contributed by atoms with E-state index in [2.05, 4.69) is 17.0 Å². The number of piperidine rings is 1. The number of aromatic nitrogens is 2. The summed E-state index contributed by atoms with van der Waals surface area (Å²) in [5, 5.41) is 4.81. The van der Waals surface area contributed by atoms with Crippen LogP contribution in [0.15, 0.2) is 54.7 Å². The molecule has 1 aromatic heterocycles. The van der Waals surface area contributed by atoms with Gasteiger partial charge in [-0.05, 0) is 62.7 Å². The number of carbonyl (C=O) groups excluding carboxylic acids is 1. The predicted molar refractivity (Wildman–Crippen MR) is 111 cm³/mol. The van der Waals surface area contributed by atoms with Gasteiger partial charge in [0, 0.05) is 30.4 Å². The fraction of sp³-hybridized carbons (Fsp3) is 0.304. The van der Waals surface area contributed by atoms with E-state index < -0.39 is 0 Å². The summed E-state index contributed by atoms with van der Waals surface area (Å²) >= 11 is 0. The first-order valence-electron chi connectivity index (χ1n) is 9.93. The van der Waals surface area contributed by atoms with E-state index >= 15 is 0 Å². The molecule has 2 aromatic carbocycles. The Morgan fingerprint density at radius 1 is 1.17 bits per heavy atom. The topological polar surface area (TPSA) is 64.2 Å². The first kappa shape index (κ1) is 19.3. The highest BCUT2D eigenvalue weighted by atomic mass is 19.1. The molecule has 2 N–H and O–H groups in total. The molecule has 1 saturated heterocycles. The van der Waals surface area contributed by atoms with Crippen LogP contribution in [0.1, 0.15) is 24.0 Å². The number of benzene rings is 2. The summed E-state index contributed by atoms with van der Waals surface area (Å²) in [6.45, 7) is 4.30. The molecule has 1 aliphatic rings. The summed E-state index contributed by atoms with van der Waals surface area (Å²) in [5.74, 6) is -0.609. The van der Waals surface area contributed by atoms with Crippen LogP contribution >= 0.6 is 0 Å². The van der Waals surface area contributed by atoms with E-state index in [1.165, 1.54) is 17.7 Å². The average Bonchev–Trinajstić information content (AvgIpc) is 3.13. The van der Waals surface area contributed by atoms with Crippen molar-refractivity contribution in [1.29, 1.82) is 0 Å². The van der Waals surface area contributed by atoms with Gasteiger partial charge in [-0.3, -0.25) is 9.69 Å². The number of hydrogen-bond donors (Lipinski definition) is 1. The molecule has 0 radical (unpaired) electrons. The number of carbonyl (C=O) groups is 1. The molecule has 0 spiro atoms. The van der Waals surface area contributed by atoms with E-state index in [4.69, 9.17) is 10.8 Å². The lowest BCUT2D eigenvalue weighted by atomic mass is 9.97. The minimum Gasteiger partial charge on any atom is -0.369 e. The molecule has 1 fully saturated rings. The first-order chi connectivity index (χ1) is 14.0. The van der Waals surface area contributed by atoms with Gasteiger partial charge in [0.25, 0.3) is 0 Å². The fourth-order valence-electron chi connectivity index (χ4n) is 3.88. The Bertz CT molecular complexity index is 995. The number of rotatable bonds is 5. The number of likely N-dealkylation sites (tertiary alicyclic amines) is 1. The third-order valence-corrected chi connectivity index (χ3v) is 5.51. The molecule has 5 nitrogen and oxygen atoms in total. The summed E-state index contributed by atoms with van der Waals surface area (Å²) in [6, 6.07) is 14.6. The first-order valence-corrected chi connectivity index (χ1v) is 9.93. The van der Waals surface area contributed by atoms with Crippen LogP contribution in [0.4, 0.5) is 4.39 Å². The predicted octanol–water partition coefficient (Wildman–Crippen LogP) is 3.68. The maximum Gasteiger partial charge on any atom is 0.221 e. The SMILES string of the molecule is Cc1ccc(-n2cc(CN3CCCC(C(N)=O)C3)c(-c3ccc(F)cc3)n2)cc1. The Hall–Kier alpha value is -2.99. The van der Waals surface area contributed by atoms with Gasteiger partial charge in [-0.15, -0.1) is 0 Å². The van der Waals surface area contributed by atoms with Gasteiger partial charge in [0.1, 0.15) is 5.82 Å². The van der Waals surface area contributed by atoms with Gasteiger partial charge in [-0.2, -0.15) is 5.10 Å². The standard InChI is InChI=1S/C23H25FN4O/c1-16-4-10-21(11-5-16)28-15-19(14-27-12-2-3-18(13-27)23(25)29)22(26-28)17-6-8-20(24)9-7-17/h4-11,15,18H,2-3,12-14H2,1H3,(H2,25,29). The van der Waals surface area contributed by atoms with Crippen molar-refractivity contribution >= 4 is 5.91 Å². The molecule has 1 unspecified atom stereocenters. The molecule has 0 bridgehead atoms. The smallest absolute Gasteiger partial charge is 0.221 e. The molecule has 1 atom stereocenters. The highest BCUT2D eigenvalue weighted by molar-refractivity contribution is 5.77. The zero-order valence-electron chi connectivity index (χ0n) is 16.5. The molecule has 1 amide bonds. The summed E-state index contributed by atoms with van der Waals surface area (Å²) in [6.07, 6.45) is 3.82. The van der Waals surface area contributed by atoms with Crippen molar-refractivity contribution in [2.24, 2.45) is 11.7 Å². The largest absolute Gasteiger partial charge is 0.369 e. The number of hydrogen-bond acceptors (Lipinski definition) is 3. The lowest BCUT2D eigenvalue weighted by Crippen LogP contribution is -2.40. The second-order valence-electron chi connectivity index (χ2n) is 7.77. The number of primary amides is 1. The maximum atomic E-state index is 13.4. The van der Waals surface area contributed by atoms with Crippen LogP contribution in [-0.4, -0.2) is 33.7 Å². The Balaban J connectivity index is 1.67. The third kappa shape index (κ3) is 4.38. The molecule has 0 aliphatic carbocycles.